The van der Waals surface area contributed by atoms with E-state index in [1.54, 1.807) is 42.5 Å². The highest BCUT2D eigenvalue weighted by Gasteiger charge is 2.63. The number of aromatic nitrogens is 3. The average Bonchev–Trinajstić information content (AvgIpc) is 3.59. The van der Waals surface area contributed by atoms with Crippen LogP contribution in [0.4, 0.5) is 32.0 Å². The molecule has 1 N–H and O–H groups in total. The summed E-state index contributed by atoms with van der Waals surface area (Å²) in [6.07, 6.45) is -6.97. The summed E-state index contributed by atoms with van der Waals surface area (Å²) in [6.45, 7) is 3.70. The fraction of sp³-hybridized carbons (Fsp3) is 0.241. The van der Waals surface area contributed by atoms with Crippen LogP contribution in [0.15, 0.2) is 89.3 Å². The number of ether oxygens (including phenoxy) is 1. The molecule has 0 bridgehead atoms. The third-order valence-electron chi connectivity index (χ3n) is 6.56. The van der Waals surface area contributed by atoms with Crippen LogP contribution in [-0.4, -0.2) is 55.3 Å². The normalized spacial score (nSPS) is 18.6. The van der Waals surface area contributed by atoms with Gasteiger partial charge in [-0.2, -0.15) is 18.3 Å². The third kappa shape index (κ3) is 6.58. The Balaban J connectivity index is 1.33. The van der Waals surface area contributed by atoms with Gasteiger partial charge in [0.25, 0.3) is 5.72 Å². The van der Waals surface area contributed by atoms with Crippen LogP contribution in [-0.2, 0) is 0 Å². The third-order valence-corrected chi connectivity index (χ3v) is 7.63. The van der Waals surface area contributed by atoms with Crippen LogP contribution in [0.1, 0.15) is 30.9 Å². The zero-order valence-electron chi connectivity index (χ0n) is 23.1. The van der Waals surface area contributed by atoms with Crippen molar-refractivity contribution in [2.24, 2.45) is 10.2 Å². The van der Waals surface area contributed by atoms with Crippen molar-refractivity contribution in [2.45, 2.75) is 38.0 Å². The highest BCUT2D eigenvalue weighted by Crippen LogP contribution is 2.47. The van der Waals surface area contributed by atoms with E-state index in [9.17, 15) is 31.4 Å². The molecule has 1 aromatic heterocycles. The van der Waals surface area contributed by atoms with E-state index in [1.165, 1.54) is 35.4 Å². The molecule has 5 rings (SSSR count). The fourth-order valence-electron chi connectivity index (χ4n) is 4.40. The standard InChI is InChI=1S/C29H24F6N6O2S/c1-18(2)23-5-3-4-6-24(23)41-26(44-16-27(41,42)28(30,31)32)38-37-15-19-7-9-20(10-8-19)25-36-17-40(39-25)21-11-13-22(14-12-21)43-29(33,34)35/h3-15,17-18,42H,16H2,1-2H3/b37-15+,38-26-. The van der Waals surface area contributed by atoms with E-state index >= 15 is 0 Å². The van der Waals surface area contributed by atoms with E-state index in [2.05, 4.69) is 25.0 Å². The summed E-state index contributed by atoms with van der Waals surface area (Å²) >= 11 is 0.754. The topological polar surface area (TPSA) is 88.1 Å². The van der Waals surface area contributed by atoms with Gasteiger partial charge in [-0.25, -0.2) is 9.67 Å². The molecule has 2 heterocycles. The van der Waals surface area contributed by atoms with Gasteiger partial charge in [-0.05, 0) is 47.4 Å². The molecule has 0 radical (unpaired) electrons. The Morgan fingerprint density at radius 2 is 1.66 bits per heavy atom. The van der Waals surface area contributed by atoms with Gasteiger partial charge in [0.1, 0.15) is 12.1 Å². The summed E-state index contributed by atoms with van der Waals surface area (Å²) in [6, 6.07) is 18.5. The van der Waals surface area contributed by atoms with E-state index in [1.807, 2.05) is 13.8 Å². The predicted molar refractivity (Wildman–Crippen MR) is 155 cm³/mol. The second-order valence-electron chi connectivity index (χ2n) is 9.96. The average molecular weight is 635 g/mol. The number of halogens is 6. The van der Waals surface area contributed by atoms with E-state index in [0.717, 1.165) is 28.8 Å². The highest BCUT2D eigenvalue weighted by atomic mass is 32.2. The Hall–Kier alpha value is -4.37. The number of anilines is 1. The number of rotatable bonds is 7. The number of thioether (sulfide) groups is 1. The van der Waals surface area contributed by atoms with Crippen LogP contribution in [0.2, 0.25) is 0 Å². The number of nitrogens with zero attached hydrogens (tertiary/aromatic N) is 6. The molecule has 44 heavy (non-hydrogen) atoms. The minimum atomic E-state index is -4.95. The molecule has 0 amide bonds. The van der Waals surface area contributed by atoms with Crippen LogP contribution < -0.4 is 9.64 Å². The van der Waals surface area contributed by atoms with Crippen molar-refractivity contribution in [1.29, 1.82) is 0 Å². The van der Waals surface area contributed by atoms with Crippen molar-refractivity contribution in [2.75, 3.05) is 10.7 Å². The van der Waals surface area contributed by atoms with Gasteiger partial charge in [0.15, 0.2) is 11.0 Å². The van der Waals surface area contributed by atoms with Gasteiger partial charge >= 0.3 is 12.5 Å². The first kappa shape index (κ1) is 31.1. The Labute approximate surface area is 251 Å². The zero-order chi connectivity index (χ0) is 31.7. The maximum atomic E-state index is 14.1. The molecule has 3 aromatic carbocycles. The van der Waals surface area contributed by atoms with Crippen LogP contribution >= 0.6 is 11.8 Å². The fourth-order valence-corrected chi connectivity index (χ4v) is 5.51. The lowest BCUT2D eigenvalue weighted by Crippen LogP contribution is -2.58. The lowest BCUT2D eigenvalue weighted by Gasteiger charge is -2.36. The van der Waals surface area contributed by atoms with Crippen molar-refractivity contribution in [1.82, 2.24) is 14.8 Å². The summed E-state index contributed by atoms with van der Waals surface area (Å²) < 4.78 is 84.6. The van der Waals surface area contributed by atoms with E-state index in [0.29, 0.717) is 28.2 Å². The molecule has 0 saturated carbocycles. The van der Waals surface area contributed by atoms with Gasteiger partial charge in [-0.1, -0.05) is 68.1 Å². The number of hydrogen-bond acceptors (Lipinski definition) is 7. The molecule has 230 valence electrons. The van der Waals surface area contributed by atoms with Crippen molar-refractivity contribution in [3.63, 3.8) is 0 Å². The summed E-state index contributed by atoms with van der Waals surface area (Å²) in [5.41, 5.74) is -0.665. The molecule has 1 aliphatic heterocycles. The molecular formula is C29H24F6N6O2S. The largest absolute Gasteiger partial charge is 0.573 e. The van der Waals surface area contributed by atoms with Crippen LogP contribution in [0.5, 0.6) is 5.75 Å². The highest BCUT2D eigenvalue weighted by molar-refractivity contribution is 8.14. The predicted octanol–water partition coefficient (Wildman–Crippen LogP) is 7.15. The second kappa shape index (κ2) is 12.0. The van der Waals surface area contributed by atoms with Crippen LogP contribution in [0.3, 0.4) is 0 Å². The minimum Gasteiger partial charge on any atom is -0.406 e. The van der Waals surface area contributed by atoms with Gasteiger partial charge in [0.05, 0.1) is 17.7 Å². The lowest BCUT2D eigenvalue weighted by molar-refractivity contribution is -0.274. The van der Waals surface area contributed by atoms with Gasteiger partial charge in [0.2, 0.25) is 0 Å². The maximum Gasteiger partial charge on any atom is 0.573 e. The Morgan fingerprint density at radius 1 is 0.977 bits per heavy atom. The number of hydrogen-bond donors (Lipinski definition) is 1. The quantitative estimate of drug-likeness (QED) is 0.132. The molecule has 1 fully saturated rings. The van der Waals surface area contributed by atoms with Gasteiger partial charge in [-0.15, -0.1) is 23.4 Å². The van der Waals surface area contributed by atoms with E-state index in [-0.39, 0.29) is 22.5 Å². The van der Waals surface area contributed by atoms with E-state index < -0.39 is 24.0 Å². The zero-order valence-corrected chi connectivity index (χ0v) is 23.9. The summed E-state index contributed by atoms with van der Waals surface area (Å²) in [4.78, 5) is 5.04. The number of amidine groups is 1. The molecule has 1 unspecified atom stereocenters. The van der Waals surface area contributed by atoms with E-state index in [4.69, 9.17) is 0 Å². The first-order chi connectivity index (χ1) is 20.7. The molecule has 0 spiro atoms. The molecule has 1 aliphatic rings. The Bertz CT molecular complexity index is 1670. The number of aliphatic hydroxyl groups is 1. The number of alkyl halides is 6. The molecule has 1 atom stereocenters. The van der Waals surface area contributed by atoms with Crippen molar-refractivity contribution >= 4 is 28.8 Å². The second-order valence-corrected chi connectivity index (χ2v) is 10.9. The van der Waals surface area contributed by atoms with Crippen molar-refractivity contribution < 1.29 is 36.2 Å². The molecule has 15 heteroatoms. The Kier molecular flexibility index (Phi) is 8.44. The van der Waals surface area contributed by atoms with Crippen molar-refractivity contribution in [3.05, 3.63) is 90.3 Å². The Morgan fingerprint density at radius 3 is 2.30 bits per heavy atom. The van der Waals surface area contributed by atoms with Crippen molar-refractivity contribution in [3.8, 4) is 22.8 Å². The SMILES string of the molecule is CC(C)c1ccccc1N1/C(=N/N=C/c2ccc(-c3ncn(-c4ccc(OC(F)(F)F)cc4)n3)cc2)SCC1(O)C(F)(F)F. The maximum absolute atomic E-state index is 14.1. The first-order valence-corrected chi connectivity index (χ1v) is 14.0. The minimum absolute atomic E-state index is 0.0986. The monoisotopic (exact) mass is 634 g/mol. The number of para-hydroxylation sites is 1. The lowest BCUT2D eigenvalue weighted by atomic mass is 9.99. The van der Waals surface area contributed by atoms with Crippen LogP contribution in [0.25, 0.3) is 17.1 Å². The molecule has 8 nitrogen and oxygen atoms in total. The molecule has 1 saturated heterocycles. The summed E-state index contributed by atoms with van der Waals surface area (Å²) in [5, 5.41) is 23.1. The van der Waals surface area contributed by atoms with Crippen LogP contribution in [0, 0.1) is 0 Å². The summed E-state index contributed by atoms with van der Waals surface area (Å²) in [5.74, 6) is -0.800. The molecule has 0 aliphatic carbocycles. The van der Waals surface area contributed by atoms with Gasteiger partial charge in [-0.3, -0.25) is 4.90 Å². The molecule has 4 aromatic rings. The van der Waals surface area contributed by atoms with Gasteiger partial charge < -0.3 is 9.84 Å². The van der Waals surface area contributed by atoms with Gasteiger partial charge in [0, 0.05) is 11.3 Å². The first-order valence-electron chi connectivity index (χ1n) is 13.1. The molecular weight excluding hydrogens is 610 g/mol. The number of benzene rings is 3. The summed E-state index contributed by atoms with van der Waals surface area (Å²) in [7, 11) is 0. The smallest absolute Gasteiger partial charge is 0.406 e.